The number of fused-ring (bicyclic) bond motifs is 1. The molecule has 144 valence electrons. The fraction of sp³-hybridized carbons (Fsp3) is 0.412. The van der Waals surface area contributed by atoms with Crippen LogP contribution in [0.3, 0.4) is 0 Å². The van der Waals surface area contributed by atoms with Gasteiger partial charge in [0, 0.05) is 38.9 Å². The number of hydrogen-bond acceptors (Lipinski definition) is 6. The van der Waals surface area contributed by atoms with E-state index in [2.05, 4.69) is 4.98 Å². The van der Waals surface area contributed by atoms with Crippen molar-refractivity contribution in [1.29, 1.82) is 0 Å². The summed E-state index contributed by atoms with van der Waals surface area (Å²) in [6.07, 6.45) is 2.46. The van der Waals surface area contributed by atoms with Crippen LogP contribution >= 0.6 is 22.9 Å². The number of pyridine rings is 1. The van der Waals surface area contributed by atoms with Crippen LogP contribution in [-0.2, 0) is 21.3 Å². The van der Waals surface area contributed by atoms with E-state index in [1.165, 1.54) is 4.31 Å². The molecule has 1 aliphatic rings. The lowest BCUT2D eigenvalue weighted by Gasteiger charge is -2.16. The Morgan fingerprint density at radius 1 is 1.37 bits per heavy atom. The van der Waals surface area contributed by atoms with Gasteiger partial charge in [0.15, 0.2) is 5.65 Å². The summed E-state index contributed by atoms with van der Waals surface area (Å²) in [4.78, 5) is 9.19. The highest BCUT2D eigenvalue weighted by atomic mass is 35.5. The molecule has 0 saturated carbocycles. The van der Waals surface area contributed by atoms with Crippen molar-refractivity contribution in [2.45, 2.75) is 23.1 Å². The molecule has 0 bridgehead atoms. The van der Waals surface area contributed by atoms with Crippen LogP contribution in [-0.4, -0.2) is 54.1 Å². The summed E-state index contributed by atoms with van der Waals surface area (Å²) in [6.45, 7) is 2.03. The van der Waals surface area contributed by atoms with Gasteiger partial charge in [0.05, 0.1) is 10.9 Å². The molecule has 1 aliphatic heterocycles. The van der Waals surface area contributed by atoms with E-state index in [0.29, 0.717) is 37.0 Å². The predicted molar refractivity (Wildman–Crippen MR) is 105 cm³/mol. The molecule has 1 fully saturated rings. The van der Waals surface area contributed by atoms with Gasteiger partial charge in [0.25, 0.3) is 10.0 Å². The van der Waals surface area contributed by atoms with Crippen molar-refractivity contribution < 1.29 is 13.2 Å². The lowest BCUT2D eigenvalue weighted by Crippen LogP contribution is -2.28. The normalized spacial score (nSPS) is 18.5. The largest absolute Gasteiger partial charge is 0.383 e. The second kappa shape index (κ2) is 7.48. The Morgan fingerprint density at radius 2 is 2.22 bits per heavy atom. The molecule has 3 aromatic heterocycles. The average Bonchev–Trinajstić information content (AvgIpc) is 3.38. The zero-order chi connectivity index (χ0) is 19.0. The van der Waals surface area contributed by atoms with Crippen molar-refractivity contribution in [3.63, 3.8) is 0 Å². The van der Waals surface area contributed by atoms with Crippen molar-refractivity contribution in [1.82, 2.24) is 18.8 Å². The number of thiophene rings is 1. The average molecular weight is 427 g/mol. The SMILES string of the molecule is COCCn1c(C2CCN(S(=O)(=O)c3ccc(Cl)s3)C2)nc2cccnc21. The summed E-state index contributed by atoms with van der Waals surface area (Å²) in [5.74, 6) is 0.879. The molecule has 27 heavy (non-hydrogen) atoms. The van der Waals surface area contributed by atoms with Gasteiger partial charge in [-0.15, -0.1) is 11.3 Å². The number of nitrogens with zero attached hydrogens (tertiary/aromatic N) is 4. The molecule has 4 rings (SSSR count). The van der Waals surface area contributed by atoms with Crippen LogP contribution in [0.5, 0.6) is 0 Å². The van der Waals surface area contributed by atoms with E-state index in [-0.39, 0.29) is 10.1 Å². The van der Waals surface area contributed by atoms with E-state index in [1.54, 1.807) is 25.4 Å². The van der Waals surface area contributed by atoms with Crippen LogP contribution < -0.4 is 0 Å². The number of ether oxygens (including phenoxy) is 1. The minimum atomic E-state index is -3.53. The third kappa shape index (κ3) is 3.50. The molecule has 7 nitrogen and oxygen atoms in total. The lowest BCUT2D eigenvalue weighted by atomic mass is 10.1. The van der Waals surface area contributed by atoms with Gasteiger partial charge in [-0.05, 0) is 30.7 Å². The molecule has 0 spiro atoms. The van der Waals surface area contributed by atoms with Crippen LogP contribution in [0.2, 0.25) is 4.34 Å². The Hall–Kier alpha value is -1.52. The van der Waals surface area contributed by atoms with E-state index < -0.39 is 10.0 Å². The standard InChI is InChI=1S/C17H19ClN4O3S2/c1-25-10-9-22-16(20-13-3-2-7-19-17(13)22)12-6-8-21(11-12)27(23,24)15-5-4-14(18)26-15/h2-5,7,12H,6,8-11H2,1H3. The molecule has 10 heteroatoms. The summed E-state index contributed by atoms with van der Waals surface area (Å²) >= 11 is 7.00. The number of imidazole rings is 1. The zero-order valence-corrected chi connectivity index (χ0v) is 17.1. The number of hydrogen-bond donors (Lipinski definition) is 0. The number of sulfonamides is 1. The third-order valence-corrected chi connectivity index (χ3v) is 8.27. The third-order valence-electron chi connectivity index (χ3n) is 4.71. The first-order chi connectivity index (χ1) is 13.0. The minimum absolute atomic E-state index is 0.0151. The Labute approximate surface area is 166 Å². The van der Waals surface area contributed by atoms with Gasteiger partial charge in [-0.25, -0.2) is 18.4 Å². The molecule has 1 unspecified atom stereocenters. The van der Waals surface area contributed by atoms with Gasteiger partial charge in [-0.1, -0.05) is 11.6 Å². The molecule has 0 aliphatic carbocycles. The van der Waals surface area contributed by atoms with Crippen molar-refractivity contribution in [3.8, 4) is 0 Å². The van der Waals surface area contributed by atoms with Crippen molar-refractivity contribution in [2.24, 2.45) is 0 Å². The number of halogens is 1. The molecule has 0 radical (unpaired) electrons. The Kier molecular flexibility index (Phi) is 5.21. The second-order valence-electron chi connectivity index (χ2n) is 6.37. The Balaban J connectivity index is 1.64. The highest BCUT2D eigenvalue weighted by Gasteiger charge is 2.36. The van der Waals surface area contributed by atoms with E-state index in [9.17, 15) is 8.42 Å². The monoisotopic (exact) mass is 426 g/mol. The smallest absolute Gasteiger partial charge is 0.252 e. The summed E-state index contributed by atoms with van der Waals surface area (Å²) in [5.41, 5.74) is 1.62. The minimum Gasteiger partial charge on any atom is -0.383 e. The zero-order valence-electron chi connectivity index (χ0n) is 14.7. The fourth-order valence-corrected chi connectivity index (χ4v) is 6.55. The molecular formula is C17H19ClN4O3S2. The first-order valence-electron chi connectivity index (χ1n) is 8.56. The Bertz CT molecular complexity index is 1060. The van der Waals surface area contributed by atoms with Gasteiger partial charge < -0.3 is 9.30 Å². The van der Waals surface area contributed by atoms with E-state index in [1.807, 2.05) is 16.7 Å². The molecule has 0 aromatic carbocycles. The maximum atomic E-state index is 12.9. The van der Waals surface area contributed by atoms with Crippen LogP contribution in [0, 0.1) is 0 Å². The molecular weight excluding hydrogens is 408 g/mol. The predicted octanol–water partition coefficient (Wildman–Crippen LogP) is 2.97. The molecule has 0 N–H and O–H groups in total. The second-order valence-corrected chi connectivity index (χ2v) is 10.2. The number of rotatable bonds is 6. The quantitative estimate of drug-likeness (QED) is 0.605. The van der Waals surface area contributed by atoms with Gasteiger partial charge in [-0.3, -0.25) is 0 Å². The van der Waals surface area contributed by atoms with Gasteiger partial charge >= 0.3 is 0 Å². The summed E-state index contributed by atoms with van der Waals surface area (Å²) in [6, 6.07) is 6.95. The number of aromatic nitrogens is 3. The molecule has 3 aromatic rings. The molecule has 0 amide bonds. The van der Waals surface area contributed by atoms with Crippen LogP contribution in [0.25, 0.3) is 11.2 Å². The van der Waals surface area contributed by atoms with Gasteiger partial charge in [-0.2, -0.15) is 4.31 Å². The van der Waals surface area contributed by atoms with Crippen molar-refractivity contribution >= 4 is 44.1 Å². The van der Waals surface area contributed by atoms with Gasteiger partial charge in [0.1, 0.15) is 15.6 Å². The number of methoxy groups -OCH3 is 1. The topological polar surface area (TPSA) is 77.3 Å². The van der Waals surface area contributed by atoms with E-state index in [0.717, 1.165) is 28.3 Å². The molecule has 1 saturated heterocycles. The Morgan fingerprint density at radius 3 is 2.96 bits per heavy atom. The van der Waals surface area contributed by atoms with Crippen LogP contribution in [0.4, 0.5) is 0 Å². The maximum Gasteiger partial charge on any atom is 0.252 e. The summed E-state index contributed by atoms with van der Waals surface area (Å²) in [7, 11) is -1.87. The van der Waals surface area contributed by atoms with E-state index in [4.69, 9.17) is 21.3 Å². The molecule has 4 heterocycles. The van der Waals surface area contributed by atoms with Crippen molar-refractivity contribution in [2.75, 3.05) is 26.8 Å². The van der Waals surface area contributed by atoms with Crippen molar-refractivity contribution in [3.05, 3.63) is 40.6 Å². The summed E-state index contributed by atoms with van der Waals surface area (Å²) < 4.78 is 35.3. The highest BCUT2D eigenvalue weighted by Crippen LogP contribution is 2.34. The maximum absolute atomic E-state index is 12.9. The van der Waals surface area contributed by atoms with E-state index >= 15 is 0 Å². The first kappa shape index (κ1) is 18.8. The molecule has 1 atom stereocenters. The highest BCUT2D eigenvalue weighted by molar-refractivity contribution is 7.91. The fourth-order valence-electron chi connectivity index (χ4n) is 3.41. The van der Waals surface area contributed by atoms with Gasteiger partial charge in [0.2, 0.25) is 0 Å². The summed E-state index contributed by atoms with van der Waals surface area (Å²) in [5, 5.41) is 0. The lowest BCUT2D eigenvalue weighted by molar-refractivity contribution is 0.187. The van der Waals surface area contributed by atoms with Crippen LogP contribution in [0.1, 0.15) is 18.2 Å². The van der Waals surface area contributed by atoms with Crippen LogP contribution in [0.15, 0.2) is 34.7 Å². The first-order valence-corrected chi connectivity index (χ1v) is 11.2.